The molecule has 0 saturated carbocycles. The van der Waals surface area contributed by atoms with Crippen LogP contribution in [0.4, 0.5) is 0 Å². The zero-order valence-electron chi connectivity index (χ0n) is 9.02. The lowest BCUT2D eigenvalue weighted by Gasteiger charge is -2.31. The molecule has 4 nitrogen and oxygen atoms in total. The maximum atomic E-state index is 9.18. The topological polar surface area (TPSA) is 55.7 Å². The molecule has 1 aliphatic rings. The van der Waals surface area contributed by atoms with Crippen molar-refractivity contribution in [2.24, 2.45) is 0 Å². The maximum absolute atomic E-state index is 9.18. The number of rotatable bonds is 5. The summed E-state index contributed by atoms with van der Waals surface area (Å²) in [4.78, 5) is 2.25. The Bertz CT molecular complexity index is 207. The largest absolute Gasteiger partial charge is 0.394 e. The van der Waals surface area contributed by atoms with Gasteiger partial charge in [0.15, 0.2) is 0 Å². The SMILES string of the molecule is C#CCN1CCC(NCC(O)CO)CC1. The van der Waals surface area contributed by atoms with Gasteiger partial charge in [-0.3, -0.25) is 4.90 Å². The van der Waals surface area contributed by atoms with Gasteiger partial charge in [0.2, 0.25) is 0 Å². The lowest BCUT2D eigenvalue weighted by atomic mass is 10.0. The van der Waals surface area contributed by atoms with Crippen molar-refractivity contribution in [3.8, 4) is 12.3 Å². The second kappa shape index (κ2) is 6.81. The van der Waals surface area contributed by atoms with Crippen LogP contribution in [0.5, 0.6) is 0 Å². The van der Waals surface area contributed by atoms with Crippen molar-refractivity contribution >= 4 is 0 Å². The van der Waals surface area contributed by atoms with Crippen LogP contribution in [0.3, 0.4) is 0 Å². The number of nitrogens with one attached hydrogen (secondary N) is 1. The van der Waals surface area contributed by atoms with Gasteiger partial charge in [0, 0.05) is 25.7 Å². The van der Waals surface area contributed by atoms with Crippen molar-refractivity contribution in [2.75, 3.05) is 32.8 Å². The van der Waals surface area contributed by atoms with E-state index in [9.17, 15) is 5.11 Å². The first-order valence-electron chi connectivity index (χ1n) is 5.44. The van der Waals surface area contributed by atoms with Gasteiger partial charge in [0.1, 0.15) is 0 Å². The minimum absolute atomic E-state index is 0.178. The number of aliphatic hydroxyl groups is 2. The monoisotopic (exact) mass is 212 g/mol. The van der Waals surface area contributed by atoms with Gasteiger partial charge in [-0.15, -0.1) is 6.42 Å². The van der Waals surface area contributed by atoms with E-state index in [0.29, 0.717) is 12.6 Å². The summed E-state index contributed by atoms with van der Waals surface area (Å²) in [6.07, 6.45) is 6.71. The van der Waals surface area contributed by atoms with E-state index >= 15 is 0 Å². The van der Waals surface area contributed by atoms with Crippen molar-refractivity contribution in [1.29, 1.82) is 0 Å². The fourth-order valence-electron chi connectivity index (χ4n) is 1.79. The number of terminal acetylenes is 1. The Balaban J connectivity index is 2.12. The smallest absolute Gasteiger partial charge is 0.0895 e. The van der Waals surface area contributed by atoms with E-state index in [-0.39, 0.29) is 6.61 Å². The second-order valence-electron chi connectivity index (χ2n) is 4.00. The molecule has 1 aliphatic heterocycles. The summed E-state index contributed by atoms with van der Waals surface area (Å²) in [6, 6.07) is 0.445. The quantitative estimate of drug-likeness (QED) is 0.513. The Labute approximate surface area is 91.3 Å². The van der Waals surface area contributed by atoms with Gasteiger partial charge in [0.25, 0.3) is 0 Å². The average molecular weight is 212 g/mol. The highest BCUT2D eigenvalue weighted by molar-refractivity contribution is 4.90. The van der Waals surface area contributed by atoms with E-state index in [4.69, 9.17) is 11.5 Å². The van der Waals surface area contributed by atoms with Crippen molar-refractivity contribution in [1.82, 2.24) is 10.2 Å². The summed E-state index contributed by atoms with van der Waals surface area (Å²) in [6.45, 7) is 3.04. The van der Waals surface area contributed by atoms with Crippen LogP contribution in [-0.2, 0) is 0 Å². The third kappa shape index (κ3) is 4.63. The van der Waals surface area contributed by atoms with Gasteiger partial charge in [-0.05, 0) is 12.8 Å². The summed E-state index contributed by atoms with van der Waals surface area (Å²) in [7, 11) is 0. The third-order valence-electron chi connectivity index (χ3n) is 2.76. The van der Waals surface area contributed by atoms with Crippen molar-refractivity contribution in [2.45, 2.75) is 25.0 Å². The van der Waals surface area contributed by atoms with Gasteiger partial charge in [-0.2, -0.15) is 0 Å². The van der Waals surface area contributed by atoms with E-state index in [1.54, 1.807) is 0 Å². The Morgan fingerprint density at radius 1 is 1.47 bits per heavy atom. The van der Waals surface area contributed by atoms with Gasteiger partial charge < -0.3 is 15.5 Å². The Morgan fingerprint density at radius 2 is 2.13 bits per heavy atom. The maximum Gasteiger partial charge on any atom is 0.0895 e. The summed E-state index contributed by atoms with van der Waals surface area (Å²) < 4.78 is 0. The molecular formula is C11H20N2O2. The zero-order valence-corrected chi connectivity index (χ0v) is 9.02. The molecule has 1 rings (SSSR count). The van der Waals surface area contributed by atoms with Gasteiger partial charge in [-0.25, -0.2) is 0 Å². The predicted octanol–water partition coefficient (Wildman–Crippen LogP) is -0.973. The molecule has 0 aliphatic carbocycles. The second-order valence-corrected chi connectivity index (χ2v) is 4.00. The van der Waals surface area contributed by atoms with Crippen LogP contribution in [0.1, 0.15) is 12.8 Å². The lowest BCUT2D eigenvalue weighted by molar-refractivity contribution is 0.0882. The van der Waals surface area contributed by atoms with E-state index in [0.717, 1.165) is 32.5 Å². The number of likely N-dealkylation sites (tertiary alicyclic amines) is 1. The molecule has 0 aromatic rings. The van der Waals surface area contributed by atoms with Gasteiger partial charge >= 0.3 is 0 Å². The van der Waals surface area contributed by atoms with Crippen molar-refractivity contribution < 1.29 is 10.2 Å². The van der Waals surface area contributed by atoms with Crippen LogP contribution in [0, 0.1) is 12.3 Å². The Hall–Kier alpha value is -0.600. The predicted molar refractivity (Wildman–Crippen MR) is 59.4 cm³/mol. The molecular weight excluding hydrogens is 192 g/mol. The number of nitrogens with zero attached hydrogens (tertiary/aromatic N) is 1. The molecule has 0 spiro atoms. The van der Waals surface area contributed by atoms with Crippen molar-refractivity contribution in [3.05, 3.63) is 0 Å². The normalized spacial score (nSPS) is 21.1. The lowest BCUT2D eigenvalue weighted by Crippen LogP contribution is -2.45. The van der Waals surface area contributed by atoms with Crippen LogP contribution >= 0.6 is 0 Å². The minimum atomic E-state index is -0.645. The highest BCUT2D eigenvalue weighted by atomic mass is 16.3. The van der Waals surface area contributed by atoms with Crippen LogP contribution < -0.4 is 5.32 Å². The first-order valence-corrected chi connectivity index (χ1v) is 5.44. The summed E-state index contributed by atoms with van der Waals surface area (Å²) in [5.41, 5.74) is 0. The first kappa shape index (κ1) is 12.5. The molecule has 1 unspecified atom stereocenters. The van der Waals surface area contributed by atoms with Crippen LogP contribution in [-0.4, -0.2) is 60.0 Å². The molecule has 0 bridgehead atoms. The number of hydrogen-bond donors (Lipinski definition) is 3. The zero-order chi connectivity index (χ0) is 11.1. The molecule has 0 amide bonds. The van der Waals surface area contributed by atoms with Crippen LogP contribution in [0.25, 0.3) is 0 Å². The molecule has 3 N–H and O–H groups in total. The van der Waals surface area contributed by atoms with Crippen molar-refractivity contribution in [3.63, 3.8) is 0 Å². The molecule has 0 aromatic heterocycles. The molecule has 0 radical (unpaired) electrons. The highest BCUT2D eigenvalue weighted by Gasteiger charge is 2.18. The fourth-order valence-corrected chi connectivity index (χ4v) is 1.79. The molecule has 1 heterocycles. The fraction of sp³-hybridized carbons (Fsp3) is 0.818. The van der Waals surface area contributed by atoms with Gasteiger partial charge in [-0.1, -0.05) is 5.92 Å². The molecule has 1 atom stereocenters. The minimum Gasteiger partial charge on any atom is -0.394 e. The van der Waals surface area contributed by atoms with E-state index < -0.39 is 6.10 Å². The number of piperidine rings is 1. The molecule has 15 heavy (non-hydrogen) atoms. The van der Waals surface area contributed by atoms with E-state index in [1.165, 1.54) is 0 Å². The van der Waals surface area contributed by atoms with E-state index in [1.807, 2.05) is 0 Å². The Morgan fingerprint density at radius 3 is 2.67 bits per heavy atom. The summed E-state index contributed by atoms with van der Waals surface area (Å²) in [5, 5.41) is 21.1. The summed E-state index contributed by atoms with van der Waals surface area (Å²) in [5.74, 6) is 2.64. The molecule has 4 heteroatoms. The molecule has 1 fully saturated rings. The average Bonchev–Trinajstić information content (AvgIpc) is 2.28. The number of hydrogen-bond acceptors (Lipinski definition) is 4. The molecule has 0 aromatic carbocycles. The van der Waals surface area contributed by atoms with E-state index in [2.05, 4.69) is 16.1 Å². The molecule has 1 saturated heterocycles. The van der Waals surface area contributed by atoms with Crippen LogP contribution in [0.2, 0.25) is 0 Å². The Kier molecular flexibility index (Phi) is 5.66. The highest BCUT2D eigenvalue weighted by Crippen LogP contribution is 2.09. The van der Waals surface area contributed by atoms with Gasteiger partial charge in [0.05, 0.1) is 19.3 Å². The van der Waals surface area contributed by atoms with Crippen LogP contribution in [0.15, 0.2) is 0 Å². The third-order valence-corrected chi connectivity index (χ3v) is 2.76. The summed E-state index contributed by atoms with van der Waals surface area (Å²) >= 11 is 0. The standard InChI is InChI=1S/C11H20N2O2/c1-2-5-13-6-3-10(4-7-13)12-8-11(15)9-14/h1,10-12,14-15H,3-9H2. The number of aliphatic hydroxyl groups excluding tert-OH is 2. The molecule has 86 valence electrons. The first-order chi connectivity index (χ1) is 7.26.